The summed E-state index contributed by atoms with van der Waals surface area (Å²) in [5.74, 6) is -0.988. The van der Waals surface area contributed by atoms with E-state index >= 15 is 0 Å². The first-order valence-corrected chi connectivity index (χ1v) is 6.32. The standard InChI is InChI=1S/C14H15N3O3/c1-16(11-6-3-2-5-10(11)9-15)14(20)17-8-4-7-12(17)13(18)19/h2-3,5-6,12H,4,7-8H2,1H3,(H,18,19)/t12-/m0/s1. The number of aliphatic carboxylic acids is 1. The van der Waals surface area contributed by atoms with E-state index < -0.39 is 18.0 Å². The highest BCUT2D eigenvalue weighted by molar-refractivity contribution is 5.95. The van der Waals surface area contributed by atoms with Gasteiger partial charge in [-0.25, -0.2) is 9.59 Å². The van der Waals surface area contributed by atoms with Crippen molar-refractivity contribution in [2.24, 2.45) is 0 Å². The number of anilines is 1. The molecule has 1 aliphatic rings. The third-order valence-electron chi connectivity index (χ3n) is 3.46. The molecule has 104 valence electrons. The van der Waals surface area contributed by atoms with E-state index in [2.05, 4.69) is 0 Å². The van der Waals surface area contributed by atoms with Gasteiger partial charge in [0.05, 0.1) is 11.3 Å². The van der Waals surface area contributed by atoms with E-state index in [1.54, 1.807) is 31.3 Å². The topological polar surface area (TPSA) is 84.6 Å². The maximum Gasteiger partial charge on any atom is 0.326 e. The Kier molecular flexibility index (Phi) is 3.89. The lowest BCUT2D eigenvalue weighted by Crippen LogP contribution is -2.47. The fourth-order valence-electron chi connectivity index (χ4n) is 2.41. The summed E-state index contributed by atoms with van der Waals surface area (Å²) in [6, 6.07) is 7.60. The van der Waals surface area contributed by atoms with Gasteiger partial charge in [0.15, 0.2) is 0 Å². The van der Waals surface area contributed by atoms with Crippen molar-refractivity contribution in [3.05, 3.63) is 29.8 Å². The second-order valence-electron chi connectivity index (χ2n) is 4.66. The predicted molar refractivity (Wildman–Crippen MR) is 72.3 cm³/mol. The average Bonchev–Trinajstić information content (AvgIpc) is 2.95. The molecule has 1 atom stereocenters. The number of amides is 2. The van der Waals surface area contributed by atoms with Gasteiger partial charge in [0.2, 0.25) is 0 Å². The van der Waals surface area contributed by atoms with Crippen molar-refractivity contribution in [1.29, 1.82) is 5.26 Å². The number of carbonyl (C=O) groups excluding carboxylic acids is 1. The van der Waals surface area contributed by atoms with Gasteiger partial charge in [-0.3, -0.25) is 4.90 Å². The van der Waals surface area contributed by atoms with Gasteiger partial charge in [0, 0.05) is 13.6 Å². The van der Waals surface area contributed by atoms with Gasteiger partial charge < -0.3 is 10.0 Å². The molecule has 0 spiro atoms. The lowest BCUT2D eigenvalue weighted by molar-refractivity contribution is -0.141. The summed E-state index contributed by atoms with van der Waals surface area (Å²) >= 11 is 0. The van der Waals surface area contributed by atoms with Crippen molar-refractivity contribution >= 4 is 17.7 Å². The number of carboxylic acids is 1. The number of rotatable bonds is 2. The van der Waals surface area contributed by atoms with Crippen LogP contribution in [0.2, 0.25) is 0 Å². The molecule has 2 amide bonds. The number of nitrogens with zero attached hydrogens (tertiary/aromatic N) is 3. The molecule has 0 aromatic heterocycles. The van der Waals surface area contributed by atoms with Gasteiger partial charge in [-0.2, -0.15) is 5.26 Å². The SMILES string of the molecule is CN(C(=O)N1CCC[C@H]1C(=O)O)c1ccccc1C#N. The molecule has 6 nitrogen and oxygen atoms in total. The van der Waals surface area contributed by atoms with Crippen molar-refractivity contribution in [2.45, 2.75) is 18.9 Å². The van der Waals surface area contributed by atoms with Gasteiger partial charge in [0.1, 0.15) is 12.1 Å². The van der Waals surface area contributed by atoms with Crippen LogP contribution in [0.1, 0.15) is 18.4 Å². The Morgan fingerprint density at radius 3 is 2.80 bits per heavy atom. The van der Waals surface area contributed by atoms with Crippen LogP contribution in [0.25, 0.3) is 0 Å². The maximum absolute atomic E-state index is 12.4. The lowest BCUT2D eigenvalue weighted by Gasteiger charge is -2.28. The predicted octanol–water partition coefficient (Wildman–Crippen LogP) is 1.66. The smallest absolute Gasteiger partial charge is 0.326 e. The van der Waals surface area contributed by atoms with Gasteiger partial charge in [-0.1, -0.05) is 12.1 Å². The Balaban J connectivity index is 2.25. The van der Waals surface area contributed by atoms with E-state index in [1.807, 2.05) is 6.07 Å². The summed E-state index contributed by atoms with van der Waals surface area (Å²) in [5, 5.41) is 18.2. The lowest BCUT2D eigenvalue weighted by atomic mass is 10.2. The molecular formula is C14H15N3O3. The molecule has 0 radical (unpaired) electrons. The molecule has 1 aromatic carbocycles. The van der Waals surface area contributed by atoms with Crippen molar-refractivity contribution in [3.8, 4) is 6.07 Å². The van der Waals surface area contributed by atoms with Crippen LogP contribution in [0.5, 0.6) is 0 Å². The molecule has 20 heavy (non-hydrogen) atoms. The summed E-state index contributed by atoms with van der Waals surface area (Å²) in [6.45, 7) is 0.425. The minimum atomic E-state index is -0.988. The van der Waals surface area contributed by atoms with Crippen molar-refractivity contribution in [1.82, 2.24) is 4.90 Å². The van der Waals surface area contributed by atoms with Gasteiger partial charge >= 0.3 is 12.0 Å². The summed E-state index contributed by atoms with van der Waals surface area (Å²) in [7, 11) is 1.55. The highest BCUT2D eigenvalue weighted by Crippen LogP contribution is 2.24. The highest BCUT2D eigenvalue weighted by atomic mass is 16.4. The second kappa shape index (κ2) is 5.61. The van der Waals surface area contributed by atoms with Crippen LogP contribution in [0, 0.1) is 11.3 Å². The monoisotopic (exact) mass is 273 g/mol. The van der Waals surface area contributed by atoms with Crippen molar-refractivity contribution < 1.29 is 14.7 Å². The number of hydrogen-bond donors (Lipinski definition) is 1. The molecule has 6 heteroatoms. The molecule has 0 saturated carbocycles. The quantitative estimate of drug-likeness (QED) is 0.888. The van der Waals surface area contributed by atoms with Gasteiger partial charge in [-0.15, -0.1) is 0 Å². The molecule has 1 aromatic rings. The van der Waals surface area contributed by atoms with Crippen LogP contribution in [-0.2, 0) is 4.79 Å². The number of para-hydroxylation sites is 1. The zero-order valence-corrected chi connectivity index (χ0v) is 11.1. The zero-order valence-electron chi connectivity index (χ0n) is 11.1. The van der Waals surface area contributed by atoms with E-state index in [4.69, 9.17) is 10.4 Å². The molecule has 0 bridgehead atoms. The number of likely N-dealkylation sites (tertiary alicyclic amines) is 1. The summed E-state index contributed by atoms with van der Waals surface area (Å²) in [5.41, 5.74) is 0.866. The normalized spacial score (nSPS) is 17.6. The molecule has 1 N–H and O–H groups in total. The Morgan fingerprint density at radius 1 is 1.45 bits per heavy atom. The van der Waals surface area contributed by atoms with E-state index in [-0.39, 0.29) is 0 Å². The minimum absolute atomic E-state index is 0.384. The number of carboxylic acid groups (broad SMARTS) is 1. The number of hydrogen-bond acceptors (Lipinski definition) is 3. The molecule has 0 aliphatic carbocycles. The first kappa shape index (κ1) is 13.9. The van der Waals surface area contributed by atoms with Crippen LogP contribution < -0.4 is 4.90 Å². The molecule has 0 unspecified atom stereocenters. The van der Waals surface area contributed by atoms with E-state index in [9.17, 15) is 9.59 Å². The minimum Gasteiger partial charge on any atom is -0.480 e. The van der Waals surface area contributed by atoms with Crippen molar-refractivity contribution in [3.63, 3.8) is 0 Å². The molecule has 1 aliphatic heterocycles. The number of nitriles is 1. The van der Waals surface area contributed by atoms with Crippen LogP contribution >= 0.6 is 0 Å². The molecular weight excluding hydrogens is 258 g/mol. The Morgan fingerprint density at radius 2 is 2.15 bits per heavy atom. The largest absolute Gasteiger partial charge is 0.480 e. The number of benzene rings is 1. The van der Waals surface area contributed by atoms with E-state index in [0.29, 0.717) is 30.6 Å². The Bertz CT molecular complexity index is 579. The van der Waals surface area contributed by atoms with Crippen molar-refractivity contribution in [2.75, 3.05) is 18.5 Å². The van der Waals surface area contributed by atoms with Crippen LogP contribution in [0.15, 0.2) is 24.3 Å². The molecule has 2 rings (SSSR count). The zero-order chi connectivity index (χ0) is 14.7. The fourth-order valence-corrected chi connectivity index (χ4v) is 2.41. The van der Waals surface area contributed by atoms with E-state index in [1.165, 1.54) is 9.80 Å². The average molecular weight is 273 g/mol. The van der Waals surface area contributed by atoms with Crippen LogP contribution in [0.4, 0.5) is 10.5 Å². The third-order valence-corrected chi connectivity index (χ3v) is 3.46. The van der Waals surface area contributed by atoms with Crippen LogP contribution in [0.3, 0.4) is 0 Å². The summed E-state index contributed by atoms with van der Waals surface area (Å²) < 4.78 is 0. The third kappa shape index (κ3) is 2.43. The Hall–Kier alpha value is -2.55. The Labute approximate surface area is 116 Å². The second-order valence-corrected chi connectivity index (χ2v) is 4.66. The molecule has 1 saturated heterocycles. The van der Waals surface area contributed by atoms with Gasteiger partial charge in [0.25, 0.3) is 0 Å². The first-order chi connectivity index (χ1) is 9.56. The first-order valence-electron chi connectivity index (χ1n) is 6.32. The number of carbonyl (C=O) groups is 2. The highest BCUT2D eigenvalue weighted by Gasteiger charge is 2.35. The van der Waals surface area contributed by atoms with Crippen LogP contribution in [-0.4, -0.2) is 41.6 Å². The fraction of sp³-hybridized carbons (Fsp3) is 0.357. The number of urea groups is 1. The summed E-state index contributed by atoms with van der Waals surface area (Å²) in [4.78, 5) is 26.2. The van der Waals surface area contributed by atoms with Gasteiger partial charge in [-0.05, 0) is 25.0 Å². The summed E-state index contributed by atoms with van der Waals surface area (Å²) in [6.07, 6.45) is 1.14. The maximum atomic E-state index is 12.4. The van der Waals surface area contributed by atoms with E-state index in [0.717, 1.165) is 0 Å². The molecule has 1 heterocycles. The molecule has 1 fully saturated rings.